The summed E-state index contributed by atoms with van der Waals surface area (Å²) < 4.78 is 11.8. The minimum atomic E-state index is -1.00. The molecule has 0 unspecified atom stereocenters. The number of amides is 2. The predicted molar refractivity (Wildman–Crippen MR) is 102 cm³/mol. The maximum Gasteiger partial charge on any atom is 0.217 e. The second-order valence-electron chi connectivity index (χ2n) is 6.39. The van der Waals surface area contributed by atoms with Crippen molar-refractivity contribution in [2.75, 3.05) is 6.54 Å². The molecule has 1 aromatic carbocycles. The molecule has 1 saturated heterocycles. The predicted octanol–water partition coefficient (Wildman–Crippen LogP) is 1.93. The van der Waals surface area contributed by atoms with E-state index >= 15 is 0 Å². The van der Waals surface area contributed by atoms with Crippen molar-refractivity contribution >= 4 is 11.8 Å². The van der Waals surface area contributed by atoms with Gasteiger partial charge in [-0.25, -0.2) is 0 Å². The highest BCUT2D eigenvalue weighted by Gasteiger charge is 2.46. The quantitative estimate of drug-likeness (QED) is 0.384. The Hall–Kier alpha value is -3.30. The van der Waals surface area contributed by atoms with Gasteiger partial charge < -0.3 is 20.1 Å². The molecule has 2 N–H and O–H groups in total. The first-order valence-corrected chi connectivity index (χ1v) is 8.87. The van der Waals surface area contributed by atoms with Crippen molar-refractivity contribution in [1.82, 2.24) is 10.6 Å². The zero-order valence-corrected chi connectivity index (χ0v) is 16.0. The Balaban J connectivity index is 2.32. The summed E-state index contributed by atoms with van der Waals surface area (Å²) in [6.45, 7) is 2.81. The summed E-state index contributed by atoms with van der Waals surface area (Å²) in [7, 11) is 0. The standard InChI is InChI=1S/C17H22N8O4/c1-10(26)20-8-13-14(22-24-18)15(23-25-19)16(21-11(2)27)17(29-13)28-9-12-6-4-3-5-7-12/h3-7,13-17H,8-9H2,1-2H3,(H,20,26)(H,21,27)/t13-,14+,15-,16+,17-/m0/s1. The Labute approximate surface area is 166 Å². The number of ether oxygens (including phenoxy) is 2. The molecular weight excluding hydrogens is 380 g/mol. The Kier molecular flexibility index (Phi) is 8.26. The lowest BCUT2D eigenvalue weighted by atomic mass is 9.92. The lowest BCUT2D eigenvalue weighted by Crippen LogP contribution is -2.64. The van der Waals surface area contributed by atoms with Crippen LogP contribution >= 0.6 is 0 Å². The molecule has 1 heterocycles. The number of nitrogens with one attached hydrogen (secondary N) is 2. The minimum Gasteiger partial charge on any atom is -0.354 e. The van der Waals surface area contributed by atoms with E-state index in [4.69, 9.17) is 20.5 Å². The van der Waals surface area contributed by atoms with Crippen LogP contribution in [-0.2, 0) is 25.7 Å². The summed E-state index contributed by atoms with van der Waals surface area (Å²) in [6, 6.07) is 6.46. The van der Waals surface area contributed by atoms with Crippen LogP contribution in [0.2, 0.25) is 0 Å². The van der Waals surface area contributed by atoms with E-state index in [1.165, 1.54) is 13.8 Å². The van der Waals surface area contributed by atoms with Crippen molar-refractivity contribution in [3.05, 3.63) is 56.8 Å². The molecule has 1 aliphatic rings. The molecule has 154 valence electrons. The molecule has 1 fully saturated rings. The van der Waals surface area contributed by atoms with E-state index in [1.807, 2.05) is 30.3 Å². The third-order valence-corrected chi connectivity index (χ3v) is 4.25. The van der Waals surface area contributed by atoms with Gasteiger partial charge in [0, 0.05) is 30.2 Å². The van der Waals surface area contributed by atoms with Crippen LogP contribution in [0.15, 0.2) is 40.6 Å². The fraction of sp³-hybridized carbons (Fsp3) is 0.529. The molecule has 29 heavy (non-hydrogen) atoms. The summed E-state index contributed by atoms with van der Waals surface area (Å²) in [5.41, 5.74) is 18.8. The summed E-state index contributed by atoms with van der Waals surface area (Å²) in [6.07, 6.45) is -1.82. The van der Waals surface area contributed by atoms with Crippen LogP contribution in [0, 0.1) is 0 Å². The Bertz CT molecular complexity index is 807. The van der Waals surface area contributed by atoms with Crippen molar-refractivity contribution in [2.45, 2.75) is 51.0 Å². The van der Waals surface area contributed by atoms with Gasteiger partial charge >= 0.3 is 0 Å². The van der Waals surface area contributed by atoms with Crippen molar-refractivity contribution in [3.63, 3.8) is 0 Å². The monoisotopic (exact) mass is 402 g/mol. The molecule has 2 amide bonds. The molecule has 0 aromatic heterocycles. The molecule has 0 spiro atoms. The molecule has 0 saturated carbocycles. The van der Waals surface area contributed by atoms with Gasteiger partial charge in [-0.05, 0) is 16.6 Å². The van der Waals surface area contributed by atoms with Crippen molar-refractivity contribution in [3.8, 4) is 0 Å². The Morgan fingerprint density at radius 1 is 1.10 bits per heavy atom. The fourth-order valence-electron chi connectivity index (χ4n) is 3.03. The van der Waals surface area contributed by atoms with Crippen LogP contribution in [0.4, 0.5) is 0 Å². The maximum atomic E-state index is 11.7. The lowest BCUT2D eigenvalue weighted by molar-refractivity contribution is -0.220. The topological polar surface area (TPSA) is 174 Å². The van der Waals surface area contributed by atoms with E-state index in [-0.39, 0.29) is 19.1 Å². The van der Waals surface area contributed by atoms with Gasteiger partial charge in [0.05, 0.1) is 30.8 Å². The van der Waals surface area contributed by atoms with Crippen molar-refractivity contribution < 1.29 is 19.1 Å². The first-order chi connectivity index (χ1) is 14.0. The fourth-order valence-corrected chi connectivity index (χ4v) is 3.03. The molecule has 0 bridgehead atoms. The molecule has 1 aliphatic heterocycles. The number of hydrogen-bond acceptors (Lipinski definition) is 6. The third kappa shape index (κ3) is 6.37. The summed E-state index contributed by atoms with van der Waals surface area (Å²) in [4.78, 5) is 28.7. The van der Waals surface area contributed by atoms with E-state index in [0.717, 1.165) is 5.56 Å². The number of nitrogens with zero attached hydrogens (tertiary/aromatic N) is 6. The highest BCUT2D eigenvalue weighted by atomic mass is 16.7. The van der Waals surface area contributed by atoms with Crippen LogP contribution in [0.3, 0.4) is 0 Å². The molecule has 1 aromatic rings. The van der Waals surface area contributed by atoms with E-state index in [2.05, 4.69) is 30.7 Å². The van der Waals surface area contributed by atoms with Crippen molar-refractivity contribution in [2.24, 2.45) is 10.2 Å². The molecule has 12 nitrogen and oxygen atoms in total. The number of carbonyl (C=O) groups excluding carboxylic acids is 2. The van der Waals surface area contributed by atoms with Crippen LogP contribution in [0.25, 0.3) is 20.9 Å². The van der Waals surface area contributed by atoms with Gasteiger partial charge in [0.2, 0.25) is 11.8 Å². The number of benzene rings is 1. The number of carbonyl (C=O) groups is 2. The van der Waals surface area contributed by atoms with Gasteiger partial charge in [0.1, 0.15) is 0 Å². The third-order valence-electron chi connectivity index (χ3n) is 4.25. The SMILES string of the molecule is CC(=O)NC[C@@H]1O[C@H](OCc2ccccc2)[C@H](NC(C)=O)[C@@H](N=[N+]=[N-])[C@@H]1N=[N+]=[N-]. The van der Waals surface area contributed by atoms with Crippen LogP contribution in [0.5, 0.6) is 0 Å². The van der Waals surface area contributed by atoms with Gasteiger partial charge in [-0.15, -0.1) is 0 Å². The molecule has 2 rings (SSSR count). The smallest absolute Gasteiger partial charge is 0.217 e. The molecule has 0 aliphatic carbocycles. The maximum absolute atomic E-state index is 11.7. The second kappa shape index (κ2) is 10.9. The highest BCUT2D eigenvalue weighted by Crippen LogP contribution is 2.28. The van der Waals surface area contributed by atoms with Gasteiger partial charge in [-0.1, -0.05) is 40.6 Å². The average molecular weight is 402 g/mol. The van der Waals surface area contributed by atoms with E-state index in [9.17, 15) is 9.59 Å². The average Bonchev–Trinajstić information content (AvgIpc) is 2.69. The number of hydrogen-bond donors (Lipinski definition) is 2. The van der Waals surface area contributed by atoms with Crippen molar-refractivity contribution in [1.29, 1.82) is 0 Å². The van der Waals surface area contributed by atoms with Gasteiger partial charge in [-0.2, -0.15) is 0 Å². The van der Waals surface area contributed by atoms with Crippen LogP contribution < -0.4 is 10.6 Å². The van der Waals surface area contributed by atoms with Crippen LogP contribution in [0.1, 0.15) is 19.4 Å². The zero-order valence-electron chi connectivity index (χ0n) is 16.0. The normalized spacial score (nSPS) is 25.8. The lowest BCUT2D eigenvalue weighted by Gasteiger charge is -2.43. The summed E-state index contributed by atoms with van der Waals surface area (Å²) in [5, 5.41) is 12.7. The van der Waals surface area contributed by atoms with Crippen LogP contribution in [-0.4, -0.2) is 48.9 Å². The molecule has 0 radical (unpaired) electrons. The van der Waals surface area contributed by atoms with E-state index < -0.39 is 36.4 Å². The summed E-state index contributed by atoms with van der Waals surface area (Å²) in [5.74, 6) is -0.704. The first-order valence-electron chi connectivity index (χ1n) is 8.87. The largest absolute Gasteiger partial charge is 0.354 e. The highest BCUT2D eigenvalue weighted by molar-refractivity contribution is 5.73. The van der Waals surface area contributed by atoms with E-state index in [0.29, 0.717) is 0 Å². The first kappa shape index (κ1) is 22.0. The van der Waals surface area contributed by atoms with Gasteiger partial charge in [0.25, 0.3) is 0 Å². The van der Waals surface area contributed by atoms with Gasteiger partial charge in [0.15, 0.2) is 6.29 Å². The minimum absolute atomic E-state index is 0.00839. The van der Waals surface area contributed by atoms with Gasteiger partial charge in [-0.3, -0.25) is 9.59 Å². The zero-order chi connectivity index (χ0) is 21.2. The molecule has 5 atom stereocenters. The van der Waals surface area contributed by atoms with E-state index in [1.54, 1.807) is 0 Å². The molecule has 12 heteroatoms. The Morgan fingerprint density at radius 3 is 2.34 bits per heavy atom. The number of rotatable bonds is 8. The molecular formula is C17H22N8O4. The summed E-state index contributed by atoms with van der Waals surface area (Å²) >= 11 is 0. The Morgan fingerprint density at radius 2 is 1.76 bits per heavy atom. The second-order valence-corrected chi connectivity index (χ2v) is 6.39. The number of azide groups is 2.